The van der Waals surface area contributed by atoms with Crippen LogP contribution in [0.1, 0.15) is 5.56 Å². The normalized spacial score (nSPS) is 12.2. The molecule has 100 valence electrons. The van der Waals surface area contributed by atoms with Crippen molar-refractivity contribution in [1.29, 1.82) is 5.41 Å². The number of methoxy groups -OCH3 is 2. The highest BCUT2D eigenvalue weighted by Gasteiger charge is 2.09. The predicted octanol–water partition coefficient (Wildman–Crippen LogP) is 1.18. The molecule has 0 fully saturated rings. The molecule has 0 aliphatic carbocycles. The van der Waals surface area contributed by atoms with E-state index >= 15 is 0 Å². The average molecular weight is 255 g/mol. The molecule has 0 aliphatic rings. The van der Waals surface area contributed by atoms with E-state index in [0.717, 1.165) is 0 Å². The molecule has 1 rings (SSSR count). The van der Waals surface area contributed by atoms with Crippen LogP contribution in [0.15, 0.2) is 18.2 Å². The van der Waals surface area contributed by atoms with Crippen molar-refractivity contribution in [2.45, 2.75) is 6.10 Å². The lowest BCUT2D eigenvalue weighted by molar-refractivity contribution is 0.0365. The van der Waals surface area contributed by atoms with Crippen LogP contribution in [0.5, 0.6) is 0 Å². The van der Waals surface area contributed by atoms with E-state index in [1.54, 1.807) is 26.4 Å². The smallest absolute Gasteiger partial charge is 0.147 e. The molecular formula is C12H18FN3O2. The molecule has 0 spiro atoms. The van der Waals surface area contributed by atoms with Gasteiger partial charge in [-0.25, -0.2) is 4.39 Å². The average Bonchev–Trinajstić information content (AvgIpc) is 2.35. The van der Waals surface area contributed by atoms with Crippen LogP contribution in [0.2, 0.25) is 0 Å². The fourth-order valence-corrected chi connectivity index (χ4v) is 1.45. The quantitative estimate of drug-likeness (QED) is 0.505. The highest BCUT2D eigenvalue weighted by Crippen LogP contribution is 2.15. The van der Waals surface area contributed by atoms with Crippen LogP contribution < -0.4 is 11.1 Å². The van der Waals surface area contributed by atoms with Gasteiger partial charge in [0.1, 0.15) is 11.7 Å². The van der Waals surface area contributed by atoms with Crippen LogP contribution >= 0.6 is 0 Å². The number of nitrogen functional groups attached to an aromatic ring is 1. The maximum absolute atomic E-state index is 13.7. The second kappa shape index (κ2) is 6.93. The Morgan fingerprint density at radius 3 is 2.72 bits per heavy atom. The van der Waals surface area contributed by atoms with E-state index in [1.807, 2.05) is 0 Å². The predicted molar refractivity (Wildman–Crippen MR) is 68.6 cm³/mol. The Labute approximate surface area is 106 Å². The maximum atomic E-state index is 13.7. The standard InChI is InChI=1S/C12H18FN3O2/c1-17-7-9(18-2)6-16-11-4-3-8(12(14)15)5-10(11)13/h3-5,9,16H,6-7H2,1-2H3,(H3,14,15). The number of halogens is 1. The molecule has 18 heavy (non-hydrogen) atoms. The fraction of sp³-hybridized carbons (Fsp3) is 0.417. The van der Waals surface area contributed by atoms with Crippen molar-refractivity contribution in [3.05, 3.63) is 29.6 Å². The summed E-state index contributed by atoms with van der Waals surface area (Å²) < 4.78 is 23.8. The second-order valence-electron chi connectivity index (χ2n) is 3.80. The molecule has 5 nitrogen and oxygen atoms in total. The zero-order valence-corrected chi connectivity index (χ0v) is 10.5. The van der Waals surface area contributed by atoms with Gasteiger partial charge in [0, 0.05) is 26.3 Å². The van der Waals surface area contributed by atoms with E-state index in [9.17, 15) is 4.39 Å². The highest BCUT2D eigenvalue weighted by atomic mass is 19.1. The van der Waals surface area contributed by atoms with Crippen molar-refractivity contribution in [3.63, 3.8) is 0 Å². The van der Waals surface area contributed by atoms with Gasteiger partial charge in [0.2, 0.25) is 0 Å². The van der Waals surface area contributed by atoms with E-state index in [-0.39, 0.29) is 11.9 Å². The summed E-state index contributed by atoms with van der Waals surface area (Å²) in [4.78, 5) is 0. The van der Waals surface area contributed by atoms with Crippen LogP contribution in [0.4, 0.5) is 10.1 Å². The zero-order valence-electron chi connectivity index (χ0n) is 10.5. The molecule has 6 heteroatoms. The SMILES string of the molecule is COCC(CNc1ccc(C(=N)N)cc1F)OC. The topological polar surface area (TPSA) is 80.4 Å². The molecule has 1 aromatic carbocycles. The van der Waals surface area contributed by atoms with Crippen molar-refractivity contribution in [3.8, 4) is 0 Å². The minimum Gasteiger partial charge on any atom is -0.384 e. The molecular weight excluding hydrogens is 237 g/mol. The first-order chi connectivity index (χ1) is 8.58. The Morgan fingerprint density at radius 1 is 1.50 bits per heavy atom. The minimum absolute atomic E-state index is 0.151. The monoisotopic (exact) mass is 255 g/mol. The van der Waals surface area contributed by atoms with E-state index in [1.165, 1.54) is 6.07 Å². The lowest BCUT2D eigenvalue weighted by Gasteiger charge is -2.16. The molecule has 0 radical (unpaired) electrons. The number of amidine groups is 1. The summed E-state index contributed by atoms with van der Waals surface area (Å²) in [5.74, 6) is -0.607. The molecule has 0 saturated heterocycles. The van der Waals surface area contributed by atoms with Crippen LogP contribution in [0.25, 0.3) is 0 Å². The molecule has 0 heterocycles. The first-order valence-electron chi connectivity index (χ1n) is 5.48. The molecule has 1 aromatic rings. The number of nitrogens with two attached hydrogens (primary N) is 1. The number of hydrogen-bond donors (Lipinski definition) is 3. The van der Waals surface area contributed by atoms with Crippen molar-refractivity contribution in [2.75, 3.05) is 32.7 Å². The zero-order chi connectivity index (χ0) is 13.5. The Hall–Kier alpha value is -1.66. The largest absolute Gasteiger partial charge is 0.384 e. The lowest BCUT2D eigenvalue weighted by atomic mass is 10.2. The number of rotatable bonds is 7. The lowest BCUT2D eigenvalue weighted by Crippen LogP contribution is -2.27. The Morgan fingerprint density at radius 2 is 2.22 bits per heavy atom. The Balaban J connectivity index is 2.65. The molecule has 0 aliphatic heterocycles. The Kier molecular flexibility index (Phi) is 5.54. The minimum atomic E-state index is -0.449. The van der Waals surface area contributed by atoms with Crippen molar-refractivity contribution >= 4 is 11.5 Å². The highest BCUT2D eigenvalue weighted by molar-refractivity contribution is 5.95. The van der Waals surface area contributed by atoms with Crippen LogP contribution in [0.3, 0.4) is 0 Å². The summed E-state index contributed by atoms with van der Waals surface area (Å²) in [6.45, 7) is 0.858. The molecule has 0 bridgehead atoms. The van der Waals surface area contributed by atoms with E-state index in [0.29, 0.717) is 24.4 Å². The van der Waals surface area contributed by atoms with Gasteiger partial charge in [0.15, 0.2) is 0 Å². The maximum Gasteiger partial charge on any atom is 0.147 e. The van der Waals surface area contributed by atoms with Crippen molar-refractivity contribution < 1.29 is 13.9 Å². The Bertz CT molecular complexity index is 412. The van der Waals surface area contributed by atoms with E-state index in [2.05, 4.69) is 5.32 Å². The first-order valence-corrected chi connectivity index (χ1v) is 5.48. The van der Waals surface area contributed by atoms with Crippen LogP contribution in [0, 0.1) is 11.2 Å². The summed E-state index contributed by atoms with van der Waals surface area (Å²) in [5.41, 5.74) is 5.98. The van der Waals surface area contributed by atoms with Gasteiger partial charge in [0.25, 0.3) is 0 Å². The molecule has 4 N–H and O–H groups in total. The van der Waals surface area contributed by atoms with Crippen molar-refractivity contribution in [2.24, 2.45) is 5.73 Å². The van der Waals surface area contributed by atoms with Gasteiger partial charge in [-0.05, 0) is 18.2 Å². The molecule has 1 unspecified atom stereocenters. The second-order valence-corrected chi connectivity index (χ2v) is 3.80. The van der Waals surface area contributed by atoms with Gasteiger partial charge >= 0.3 is 0 Å². The third-order valence-corrected chi connectivity index (χ3v) is 2.49. The number of anilines is 1. The molecule has 1 atom stereocenters. The van der Waals surface area contributed by atoms with E-state index < -0.39 is 5.82 Å². The number of hydrogen-bond acceptors (Lipinski definition) is 4. The van der Waals surface area contributed by atoms with Gasteiger partial charge in [-0.1, -0.05) is 0 Å². The van der Waals surface area contributed by atoms with Gasteiger partial charge in [-0.2, -0.15) is 0 Å². The first kappa shape index (κ1) is 14.4. The van der Waals surface area contributed by atoms with Gasteiger partial charge in [-0.15, -0.1) is 0 Å². The van der Waals surface area contributed by atoms with Gasteiger partial charge < -0.3 is 20.5 Å². The third kappa shape index (κ3) is 3.97. The third-order valence-electron chi connectivity index (χ3n) is 2.49. The molecule has 0 aromatic heterocycles. The van der Waals surface area contributed by atoms with Gasteiger partial charge in [-0.3, -0.25) is 5.41 Å². The van der Waals surface area contributed by atoms with E-state index in [4.69, 9.17) is 20.6 Å². The summed E-state index contributed by atoms with van der Waals surface area (Å²) in [7, 11) is 3.15. The summed E-state index contributed by atoms with van der Waals surface area (Å²) in [5, 5.41) is 10.1. The van der Waals surface area contributed by atoms with Gasteiger partial charge in [0.05, 0.1) is 18.4 Å². The number of ether oxygens (including phenoxy) is 2. The summed E-state index contributed by atoms with van der Waals surface area (Å²) in [6, 6.07) is 4.36. The summed E-state index contributed by atoms with van der Waals surface area (Å²) in [6.07, 6.45) is -0.151. The number of benzene rings is 1. The van der Waals surface area contributed by atoms with Crippen LogP contribution in [-0.4, -0.2) is 39.3 Å². The van der Waals surface area contributed by atoms with Crippen molar-refractivity contribution in [1.82, 2.24) is 0 Å². The molecule has 0 saturated carbocycles. The molecule has 0 amide bonds. The fourth-order valence-electron chi connectivity index (χ4n) is 1.45. The van der Waals surface area contributed by atoms with Crippen LogP contribution in [-0.2, 0) is 9.47 Å². The number of nitrogens with one attached hydrogen (secondary N) is 2. The summed E-state index contributed by atoms with van der Waals surface area (Å²) >= 11 is 0.